The SMILES string of the molecule is O=C(NC1CC1)c1ccc(-c2ccc3nc4c(n3n2)C(c2ccccc2OC(F)F)NCC4O)cc1. The highest BCUT2D eigenvalue weighted by Crippen LogP contribution is 2.37. The van der Waals surface area contributed by atoms with Crippen LogP contribution in [0, 0.1) is 0 Å². The maximum absolute atomic E-state index is 13.1. The molecule has 2 unspecified atom stereocenters. The molecule has 1 aliphatic carbocycles. The first-order valence-corrected chi connectivity index (χ1v) is 11.7. The molecular weight excluding hydrogens is 468 g/mol. The average Bonchev–Trinajstić information content (AvgIpc) is 3.61. The average molecular weight is 491 g/mol. The Morgan fingerprint density at radius 1 is 1.11 bits per heavy atom. The van der Waals surface area contributed by atoms with Crippen LogP contribution < -0.4 is 15.4 Å². The third kappa shape index (κ3) is 4.18. The molecule has 1 aliphatic heterocycles. The van der Waals surface area contributed by atoms with Crippen molar-refractivity contribution in [3.8, 4) is 17.0 Å². The van der Waals surface area contributed by atoms with E-state index in [2.05, 4.69) is 15.6 Å². The number of halogens is 2. The topological polar surface area (TPSA) is 101 Å². The molecule has 1 fully saturated rings. The molecular formula is C26H23F2N5O3. The van der Waals surface area contributed by atoms with Crippen molar-refractivity contribution >= 4 is 11.6 Å². The van der Waals surface area contributed by atoms with Gasteiger partial charge in [0, 0.05) is 29.3 Å². The number of aliphatic hydroxyl groups excluding tert-OH is 1. The molecule has 2 aromatic heterocycles. The van der Waals surface area contributed by atoms with Gasteiger partial charge in [-0.1, -0.05) is 30.3 Å². The second-order valence-electron chi connectivity index (χ2n) is 8.97. The second-order valence-corrected chi connectivity index (χ2v) is 8.97. The first kappa shape index (κ1) is 22.6. The van der Waals surface area contributed by atoms with Crippen molar-refractivity contribution in [2.45, 2.75) is 37.6 Å². The lowest BCUT2D eigenvalue weighted by atomic mass is 9.96. The molecule has 6 rings (SSSR count). The zero-order valence-electron chi connectivity index (χ0n) is 19.1. The number of aromatic nitrogens is 3. The third-order valence-electron chi connectivity index (χ3n) is 6.45. The van der Waals surface area contributed by atoms with Crippen LogP contribution in [-0.4, -0.2) is 44.8 Å². The number of fused-ring (bicyclic) bond motifs is 3. The molecule has 3 heterocycles. The number of ether oxygens (including phenoxy) is 1. The monoisotopic (exact) mass is 491 g/mol. The van der Waals surface area contributed by atoms with E-state index in [0.717, 1.165) is 18.4 Å². The zero-order valence-corrected chi connectivity index (χ0v) is 19.1. The number of nitrogens with one attached hydrogen (secondary N) is 2. The van der Waals surface area contributed by atoms with Gasteiger partial charge in [-0.3, -0.25) is 4.79 Å². The third-order valence-corrected chi connectivity index (χ3v) is 6.45. The van der Waals surface area contributed by atoms with Crippen molar-refractivity contribution < 1.29 is 23.4 Å². The predicted molar refractivity (Wildman–Crippen MR) is 127 cm³/mol. The minimum Gasteiger partial charge on any atom is -0.434 e. The van der Waals surface area contributed by atoms with E-state index in [4.69, 9.17) is 9.84 Å². The Morgan fingerprint density at radius 2 is 1.89 bits per heavy atom. The lowest BCUT2D eigenvalue weighted by Crippen LogP contribution is -2.35. The smallest absolute Gasteiger partial charge is 0.387 e. The molecule has 1 saturated carbocycles. The van der Waals surface area contributed by atoms with Gasteiger partial charge in [-0.25, -0.2) is 9.50 Å². The maximum Gasteiger partial charge on any atom is 0.387 e. The van der Waals surface area contributed by atoms with Gasteiger partial charge in [0.1, 0.15) is 11.9 Å². The Morgan fingerprint density at radius 3 is 2.64 bits per heavy atom. The molecule has 36 heavy (non-hydrogen) atoms. The normalized spacial score (nSPS) is 19.3. The molecule has 1 amide bonds. The van der Waals surface area contributed by atoms with Crippen molar-refractivity contribution in [1.82, 2.24) is 25.2 Å². The molecule has 0 radical (unpaired) electrons. The van der Waals surface area contributed by atoms with Crippen LogP contribution in [0.1, 0.15) is 52.3 Å². The summed E-state index contributed by atoms with van der Waals surface area (Å²) in [5.74, 6) is -0.0535. The second kappa shape index (κ2) is 8.96. The van der Waals surface area contributed by atoms with E-state index in [1.54, 1.807) is 40.9 Å². The quantitative estimate of drug-likeness (QED) is 0.381. The minimum atomic E-state index is -2.97. The first-order valence-electron chi connectivity index (χ1n) is 11.7. The van der Waals surface area contributed by atoms with E-state index in [9.17, 15) is 18.7 Å². The molecule has 0 spiro atoms. The Balaban J connectivity index is 1.40. The highest BCUT2D eigenvalue weighted by atomic mass is 19.3. The van der Waals surface area contributed by atoms with Crippen molar-refractivity contribution in [3.05, 3.63) is 83.2 Å². The summed E-state index contributed by atoms with van der Waals surface area (Å²) in [5.41, 5.74) is 4.00. The van der Waals surface area contributed by atoms with Crippen LogP contribution in [0.15, 0.2) is 60.7 Å². The lowest BCUT2D eigenvalue weighted by Gasteiger charge is -2.28. The molecule has 0 saturated heterocycles. The minimum absolute atomic E-state index is 0.0403. The fourth-order valence-corrected chi connectivity index (χ4v) is 4.53. The molecule has 2 atom stereocenters. The number of aliphatic hydroxyl groups is 1. The van der Waals surface area contributed by atoms with E-state index < -0.39 is 18.8 Å². The van der Waals surface area contributed by atoms with Gasteiger partial charge in [0.2, 0.25) is 0 Å². The number of benzene rings is 2. The van der Waals surface area contributed by atoms with Crippen LogP contribution in [0.5, 0.6) is 5.75 Å². The Bertz CT molecular complexity index is 1440. The van der Waals surface area contributed by atoms with Crippen LogP contribution >= 0.6 is 0 Å². The number of imidazole rings is 1. The summed E-state index contributed by atoms with van der Waals surface area (Å²) in [6.07, 6.45) is 1.16. The lowest BCUT2D eigenvalue weighted by molar-refractivity contribution is -0.0507. The summed E-state index contributed by atoms with van der Waals surface area (Å²) in [6.45, 7) is -2.78. The molecule has 10 heteroatoms. The van der Waals surface area contributed by atoms with Crippen molar-refractivity contribution in [3.63, 3.8) is 0 Å². The number of para-hydroxylation sites is 1. The number of carbonyl (C=O) groups excluding carboxylic acids is 1. The van der Waals surface area contributed by atoms with Crippen LogP contribution in [0.3, 0.4) is 0 Å². The molecule has 2 aliphatic rings. The Kier molecular flexibility index (Phi) is 5.62. The summed E-state index contributed by atoms with van der Waals surface area (Å²) < 4.78 is 32.5. The van der Waals surface area contributed by atoms with Crippen molar-refractivity contribution in [2.24, 2.45) is 0 Å². The molecule has 4 aromatic rings. The standard InChI is InChI=1S/C26H23F2N5O3/c27-26(28)36-20-4-2-1-3-17(20)22-24-23(19(34)13-29-22)31-21-12-11-18(32-33(21)24)14-5-7-15(8-6-14)25(35)30-16-9-10-16/h1-8,11-12,16,19,22,26,29,34H,9-10,13H2,(H,30,35). The summed E-state index contributed by atoms with van der Waals surface area (Å²) >= 11 is 0. The molecule has 184 valence electrons. The molecule has 3 N–H and O–H groups in total. The van der Waals surface area contributed by atoms with E-state index in [1.807, 2.05) is 18.2 Å². The highest BCUT2D eigenvalue weighted by Gasteiger charge is 2.34. The van der Waals surface area contributed by atoms with E-state index in [1.165, 1.54) is 6.07 Å². The highest BCUT2D eigenvalue weighted by molar-refractivity contribution is 5.95. The number of β-amino-alcohol motifs (C(OH)–C–C–N with tert-alkyl or cyclic N) is 1. The van der Waals surface area contributed by atoms with Gasteiger partial charge < -0.3 is 20.5 Å². The van der Waals surface area contributed by atoms with E-state index >= 15 is 0 Å². The number of nitrogens with zero attached hydrogens (tertiary/aromatic N) is 3. The predicted octanol–water partition coefficient (Wildman–Crippen LogP) is 3.62. The number of alkyl halides is 2. The van der Waals surface area contributed by atoms with Gasteiger partial charge >= 0.3 is 6.61 Å². The summed E-state index contributed by atoms with van der Waals surface area (Å²) in [7, 11) is 0. The van der Waals surface area contributed by atoms with E-state index in [0.29, 0.717) is 33.9 Å². The largest absolute Gasteiger partial charge is 0.434 e. The summed E-state index contributed by atoms with van der Waals surface area (Å²) in [6, 6.07) is 17.0. The van der Waals surface area contributed by atoms with Crippen LogP contribution in [0.25, 0.3) is 16.9 Å². The van der Waals surface area contributed by atoms with Gasteiger partial charge in [0.15, 0.2) is 5.65 Å². The van der Waals surface area contributed by atoms with Crippen LogP contribution in [-0.2, 0) is 0 Å². The zero-order chi connectivity index (χ0) is 24.8. The Labute approximate surface area is 204 Å². The number of hydrogen-bond acceptors (Lipinski definition) is 6. The van der Waals surface area contributed by atoms with Gasteiger partial charge in [-0.05, 0) is 43.2 Å². The number of carbonyl (C=O) groups is 1. The Hall–Kier alpha value is -3.89. The number of rotatable bonds is 6. The fourth-order valence-electron chi connectivity index (χ4n) is 4.53. The molecule has 8 nitrogen and oxygen atoms in total. The number of amides is 1. The fraction of sp³-hybridized carbons (Fsp3) is 0.269. The van der Waals surface area contributed by atoms with Crippen molar-refractivity contribution in [1.29, 1.82) is 0 Å². The van der Waals surface area contributed by atoms with Gasteiger partial charge in [0.05, 0.1) is 23.1 Å². The van der Waals surface area contributed by atoms with Gasteiger partial charge in [-0.15, -0.1) is 0 Å². The molecule has 2 aromatic carbocycles. The summed E-state index contributed by atoms with van der Waals surface area (Å²) in [4.78, 5) is 16.9. The number of hydrogen-bond donors (Lipinski definition) is 3. The maximum atomic E-state index is 13.1. The van der Waals surface area contributed by atoms with Crippen LogP contribution in [0.2, 0.25) is 0 Å². The van der Waals surface area contributed by atoms with Gasteiger partial charge in [-0.2, -0.15) is 13.9 Å². The van der Waals surface area contributed by atoms with Crippen molar-refractivity contribution in [2.75, 3.05) is 6.54 Å². The van der Waals surface area contributed by atoms with Crippen LogP contribution in [0.4, 0.5) is 8.78 Å². The molecule has 0 bridgehead atoms. The summed E-state index contributed by atoms with van der Waals surface area (Å²) in [5, 5.41) is 21.6. The van der Waals surface area contributed by atoms with Gasteiger partial charge in [0.25, 0.3) is 5.91 Å². The van der Waals surface area contributed by atoms with E-state index in [-0.39, 0.29) is 24.2 Å². The first-order chi connectivity index (χ1) is 17.5.